The van der Waals surface area contributed by atoms with Gasteiger partial charge < -0.3 is 0 Å². The summed E-state index contributed by atoms with van der Waals surface area (Å²) in [6.07, 6.45) is 7.53. The molecule has 0 fully saturated rings. The molecule has 0 aliphatic rings. The van der Waals surface area contributed by atoms with Gasteiger partial charge in [-0.05, 0) is 59.7 Å². The Morgan fingerprint density at radius 1 is 0.531 bits per heavy atom. The molecular weight excluding hydrogens is 443 g/mol. The van der Waals surface area contributed by atoms with E-state index in [2.05, 4.69) is 0 Å². The SMILES string of the molecule is O=C(C[n+]1ccc(-c2cc[n+](CC(=O)c3ccc(Cl)cc3)cc2)cc1)c1ccc(Cl)cc1. The third-order valence-corrected chi connectivity index (χ3v) is 5.60. The molecular formula is C26H20Cl2N2O2+2. The Balaban J connectivity index is 1.39. The van der Waals surface area contributed by atoms with Crippen LogP contribution in [-0.2, 0) is 13.1 Å². The molecule has 0 amide bonds. The van der Waals surface area contributed by atoms with Gasteiger partial charge in [0.2, 0.25) is 24.7 Å². The monoisotopic (exact) mass is 462 g/mol. The number of Topliss-reactive ketones (excluding diaryl/α,β-unsaturated/α-hetero) is 2. The fourth-order valence-electron chi connectivity index (χ4n) is 3.30. The number of nitrogens with zero attached hydrogens (tertiary/aromatic N) is 2. The lowest BCUT2D eigenvalue weighted by molar-refractivity contribution is -0.683. The van der Waals surface area contributed by atoms with Gasteiger partial charge in [0.15, 0.2) is 24.8 Å². The van der Waals surface area contributed by atoms with Gasteiger partial charge in [-0.15, -0.1) is 0 Å². The minimum absolute atomic E-state index is 0.0190. The van der Waals surface area contributed by atoms with Crippen molar-refractivity contribution in [2.24, 2.45) is 0 Å². The van der Waals surface area contributed by atoms with Crippen LogP contribution in [0.25, 0.3) is 11.1 Å². The first-order valence-corrected chi connectivity index (χ1v) is 10.8. The van der Waals surface area contributed by atoms with Crippen molar-refractivity contribution in [3.8, 4) is 11.1 Å². The second kappa shape index (κ2) is 9.86. The van der Waals surface area contributed by atoms with Crippen molar-refractivity contribution in [3.63, 3.8) is 0 Å². The standard InChI is InChI=1S/C26H20Cl2N2O2/c27-23-5-1-21(2-6-23)25(31)17-29-13-9-19(10-14-29)20-11-15-30(16-12-20)18-26(32)22-3-7-24(28)8-4-22/h1-16H,17-18H2/q+2. The molecule has 2 aromatic carbocycles. The van der Waals surface area contributed by atoms with E-state index in [9.17, 15) is 9.59 Å². The van der Waals surface area contributed by atoms with E-state index in [0.717, 1.165) is 11.1 Å². The van der Waals surface area contributed by atoms with E-state index in [-0.39, 0.29) is 24.7 Å². The highest BCUT2D eigenvalue weighted by Gasteiger charge is 2.14. The molecule has 2 heterocycles. The van der Waals surface area contributed by atoms with Crippen molar-refractivity contribution in [2.45, 2.75) is 13.1 Å². The lowest BCUT2D eigenvalue weighted by atomic mass is 10.1. The summed E-state index contributed by atoms with van der Waals surface area (Å²) in [6, 6.07) is 21.7. The van der Waals surface area contributed by atoms with E-state index in [1.165, 1.54) is 0 Å². The van der Waals surface area contributed by atoms with Gasteiger partial charge >= 0.3 is 0 Å². The Morgan fingerprint density at radius 3 is 1.16 bits per heavy atom. The number of aromatic nitrogens is 2. The Hall–Kier alpha value is -3.34. The van der Waals surface area contributed by atoms with Gasteiger partial charge in [0.05, 0.1) is 0 Å². The second-order valence-corrected chi connectivity index (χ2v) is 8.25. The predicted molar refractivity (Wildman–Crippen MR) is 124 cm³/mol. The van der Waals surface area contributed by atoms with Crippen molar-refractivity contribution in [3.05, 3.63) is 119 Å². The van der Waals surface area contributed by atoms with Gasteiger partial charge in [0.1, 0.15) is 0 Å². The van der Waals surface area contributed by atoms with E-state index in [1.54, 1.807) is 48.5 Å². The molecule has 2 aromatic heterocycles. The van der Waals surface area contributed by atoms with Crippen LogP contribution in [0, 0.1) is 0 Å². The van der Waals surface area contributed by atoms with Crippen LogP contribution >= 0.6 is 23.2 Å². The van der Waals surface area contributed by atoms with Crippen molar-refractivity contribution in [2.75, 3.05) is 0 Å². The van der Waals surface area contributed by atoms with Crippen LogP contribution in [0.1, 0.15) is 20.7 Å². The molecule has 158 valence electrons. The maximum absolute atomic E-state index is 12.4. The molecule has 0 unspecified atom stereocenters. The zero-order chi connectivity index (χ0) is 22.5. The molecule has 4 rings (SSSR count). The third kappa shape index (κ3) is 5.47. The first-order chi connectivity index (χ1) is 15.5. The number of hydrogen-bond donors (Lipinski definition) is 0. The number of halogens is 2. The van der Waals surface area contributed by atoms with Crippen LogP contribution in [0.3, 0.4) is 0 Å². The smallest absolute Gasteiger partial charge is 0.227 e. The molecule has 0 aliphatic carbocycles. The highest BCUT2D eigenvalue weighted by Crippen LogP contribution is 2.16. The molecule has 0 N–H and O–H groups in total. The second-order valence-electron chi connectivity index (χ2n) is 7.38. The molecule has 4 aromatic rings. The summed E-state index contributed by atoms with van der Waals surface area (Å²) in [5.41, 5.74) is 3.31. The van der Waals surface area contributed by atoms with Crippen LogP contribution < -0.4 is 9.13 Å². The van der Waals surface area contributed by atoms with E-state index in [1.807, 2.05) is 58.2 Å². The maximum Gasteiger partial charge on any atom is 0.227 e. The molecule has 0 atom stereocenters. The van der Waals surface area contributed by atoms with Crippen LogP contribution in [0.4, 0.5) is 0 Å². The Labute approximate surface area is 196 Å². The molecule has 0 spiro atoms. The Bertz CT molecular complexity index is 1130. The zero-order valence-electron chi connectivity index (χ0n) is 17.1. The molecule has 6 heteroatoms. The third-order valence-electron chi connectivity index (χ3n) is 5.10. The summed E-state index contributed by atoms with van der Waals surface area (Å²) in [7, 11) is 0. The van der Waals surface area contributed by atoms with Gasteiger partial charge in [-0.2, -0.15) is 9.13 Å². The lowest BCUT2D eigenvalue weighted by Gasteiger charge is -2.02. The average molecular weight is 463 g/mol. The van der Waals surface area contributed by atoms with Crippen LogP contribution in [0.15, 0.2) is 97.6 Å². The maximum atomic E-state index is 12.4. The molecule has 0 saturated carbocycles. The molecule has 32 heavy (non-hydrogen) atoms. The van der Waals surface area contributed by atoms with Crippen LogP contribution in [0.2, 0.25) is 10.0 Å². The first kappa shape index (κ1) is 21.9. The minimum atomic E-state index is 0.0190. The number of benzene rings is 2. The predicted octanol–water partition coefficient (Wildman–Crippen LogP) is 5.00. The quantitative estimate of drug-likeness (QED) is 0.286. The number of ketones is 2. The van der Waals surface area contributed by atoms with Crippen molar-refractivity contribution < 1.29 is 18.7 Å². The summed E-state index contributed by atoms with van der Waals surface area (Å²) < 4.78 is 3.68. The van der Waals surface area contributed by atoms with E-state index in [0.29, 0.717) is 21.2 Å². The molecule has 0 aliphatic heterocycles. The van der Waals surface area contributed by atoms with E-state index in [4.69, 9.17) is 23.2 Å². The van der Waals surface area contributed by atoms with Crippen LogP contribution in [-0.4, -0.2) is 11.6 Å². The molecule has 0 radical (unpaired) electrons. The summed E-state index contributed by atoms with van der Waals surface area (Å²) in [4.78, 5) is 24.8. The van der Waals surface area contributed by atoms with E-state index < -0.39 is 0 Å². The first-order valence-electron chi connectivity index (χ1n) is 10.0. The number of rotatable bonds is 7. The van der Waals surface area contributed by atoms with Crippen molar-refractivity contribution in [1.82, 2.24) is 0 Å². The van der Waals surface area contributed by atoms with Gasteiger partial charge in [0.25, 0.3) is 0 Å². The van der Waals surface area contributed by atoms with Gasteiger partial charge in [-0.25, -0.2) is 0 Å². The normalized spacial score (nSPS) is 10.7. The average Bonchev–Trinajstić information content (AvgIpc) is 2.81. The topological polar surface area (TPSA) is 41.9 Å². The zero-order valence-corrected chi connectivity index (χ0v) is 18.6. The fourth-order valence-corrected chi connectivity index (χ4v) is 3.55. The van der Waals surface area contributed by atoms with E-state index >= 15 is 0 Å². The van der Waals surface area contributed by atoms with Crippen molar-refractivity contribution in [1.29, 1.82) is 0 Å². The number of carbonyl (C=O) groups excluding carboxylic acids is 2. The number of carbonyl (C=O) groups is 2. The van der Waals surface area contributed by atoms with Gasteiger partial charge in [0, 0.05) is 45.4 Å². The highest BCUT2D eigenvalue weighted by molar-refractivity contribution is 6.31. The molecule has 4 nitrogen and oxygen atoms in total. The summed E-state index contributed by atoms with van der Waals surface area (Å²) in [6.45, 7) is 0.507. The molecule has 0 saturated heterocycles. The summed E-state index contributed by atoms with van der Waals surface area (Å²) in [5, 5.41) is 1.22. The number of pyridine rings is 2. The lowest BCUT2D eigenvalue weighted by Crippen LogP contribution is -2.37. The summed E-state index contributed by atoms with van der Waals surface area (Å²) >= 11 is 11.8. The highest BCUT2D eigenvalue weighted by atomic mass is 35.5. The minimum Gasteiger partial charge on any atom is -0.287 e. The van der Waals surface area contributed by atoms with Crippen LogP contribution in [0.5, 0.6) is 0 Å². The summed E-state index contributed by atoms with van der Waals surface area (Å²) in [5.74, 6) is 0.0380. The Morgan fingerprint density at radius 2 is 0.844 bits per heavy atom. The van der Waals surface area contributed by atoms with Crippen molar-refractivity contribution >= 4 is 34.8 Å². The number of hydrogen-bond acceptors (Lipinski definition) is 2. The largest absolute Gasteiger partial charge is 0.287 e. The Kier molecular flexibility index (Phi) is 6.74. The van der Waals surface area contributed by atoms with Gasteiger partial charge in [-0.3, -0.25) is 9.59 Å². The fraction of sp³-hybridized carbons (Fsp3) is 0.0769. The molecule has 0 bridgehead atoms. The van der Waals surface area contributed by atoms with Gasteiger partial charge in [-0.1, -0.05) is 23.2 Å².